The van der Waals surface area contributed by atoms with Gasteiger partial charge in [-0.1, -0.05) is 48.5 Å². The third kappa shape index (κ3) is 5.52. The Morgan fingerprint density at radius 3 is 2.14 bits per heavy atom. The molecule has 1 unspecified atom stereocenters. The van der Waals surface area contributed by atoms with Crippen LogP contribution in [0.15, 0.2) is 89.5 Å². The number of hydrogen-bond donors (Lipinski definition) is 1. The molecule has 0 fully saturated rings. The maximum Gasteiger partial charge on any atom is 0.450 e. The van der Waals surface area contributed by atoms with Crippen LogP contribution in [0.25, 0.3) is 0 Å². The summed E-state index contributed by atoms with van der Waals surface area (Å²) < 4.78 is 86.6. The number of nitrogens with one attached hydrogen (secondary N) is 1. The molecule has 37 heavy (non-hydrogen) atoms. The molecule has 2 aromatic carbocycles. The van der Waals surface area contributed by atoms with E-state index >= 15 is 0 Å². The van der Waals surface area contributed by atoms with Gasteiger partial charge in [0.25, 0.3) is 5.91 Å². The summed E-state index contributed by atoms with van der Waals surface area (Å²) in [7, 11) is 0. The Balaban J connectivity index is 1.95. The van der Waals surface area contributed by atoms with Crippen molar-refractivity contribution in [3.63, 3.8) is 0 Å². The number of halogens is 6. The second-order valence-electron chi connectivity index (χ2n) is 8.41. The highest BCUT2D eigenvalue weighted by molar-refractivity contribution is 5.96. The first-order valence-electron chi connectivity index (χ1n) is 11.0. The van der Waals surface area contributed by atoms with Crippen LogP contribution >= 0.6 is 0 Å². The van der Waals surface area contributed by atoms with E-state index in [1.54, 1.807) is 42.5 Å². The van der Waals surface area contributed by atoms with Crippen molar-refractivity contribution in [2.75, 3.05) is 0 Å². The molecule has 0 aliphatic carbocycles. The first kappa shape index (κ1) is 26.0. The lowest BCUT2D eigenvalue weighted by atomic mass is 9.79. The fourth-order valence-electron chi connectivity index (χ4n) is 4.15. The van der Waals surface area contributed by atoms with Crippen molar-refractivity contribution in [2.24, 2.45) is 0 Å². The second-order valence-corrected chi connectivity index (χ2v) is 8.41. The fourth-order valence-corrected chi connectivity index (χ4v) is 4.15. The standard InChI is InChI=1S/C27H20F6N2O2/c1-17-14-21(23(37-17)27(31,32)33)24(36)35-25(22-12-5-6-13-34-22,16-18-8-3-2-4-9-18)19-10-7-11-20(15-19)26(28,29)30/h2-15H,16H2,1H3,(H,35,36). The van der Waals surface area contributed by atoms with Crippen molar-refractivity contribution in [1.29, 1.82) is 0 Å². The van der Waals surface area contributed by atoms with E-state index in [1.165, 1.54) is 31.3 Å². The number of carbonyl (C=O) groups excluding carboxylic acids is 1. The van der Waals surface area contributed by atoms with Crippen LogP contribution in [0.5, 0.6) is 0 Å². The van der Waals surface area contributed by atoms with Gasteiger partial charge in [-0.3, -0.25) is 9.78 Å². The highest BCUT2D eigenvalue weighted by atomic mass is 19.4. The van der Waals surface area contributed by atoms with Crippen molar-refractivity contribution in [2.45, 2.75) is 31.2 Å². The first-order chi connectivity index (χ1) is 17.4. The average molecular weight is 518 g/mol. The average Bonchev–Trinajstić information content (AvgIpc) is 3.27. The van der Waals surface area contributed by atoms with E-state index in [9.17, 15) is 31.1 Å². The van der Waals surface area contributed by atoms with E-state index in [2.05, 4.69) is 10.3 Å². The van der Waals surface area contributed by atoms with Gasteiger partial charge in [-0.05, 0) is 48.4 Å². The number of benzene rings is 2. The summed E-state index contributed by atoms with van der Waals surface area (Å²) in [5.74, 6) is -2.83. The number of hydrogen-bond acceptors (Lipinski definition) is 3. The van der Waals surface area contributed by atoms with Gasteiger partial charge in [-0.2, -0.15) is 26.3 Å². The van der Waals surface area contributed by atoms with Gasteiger partial charge in [-0.25, -0.2) is 0 Å². The molecule has 0 saturated carbocycles. The van der Waals surface area contributed by atoms with Crippen LogP contribution in [0.4, 0.5) is 26.3 Å². The Morgan fingerprint density at radius 2 is 1.51 bits per heavy atom. The molecule has 10 heteroatoms. The lowest BCUT2D eigenvalue weighted by Crippen LogP contribution is -2.49. The van der Waals surface area contributed by atoms with E-state index in [0.29, 0.717) is 5.56 Å². The second kappa shape index (κ2) is 9.76. The number of aryl methyl sites for hydroxylation is 1. The zero-order valence-corrected chi connectivity index (χ0v) is 19.3. The van der Waals surface area contributed by atoms with Crippen molar-refractivity contribution >= 4 is 5.91 Å². The molecule has 4 rings (SSSR count). The van der Waals surface area contributed by atoms with E-state index in [-0.39, 0.29) is 23.4 Å². The summed E-state index contributed by atoms with van der Waals surface area (Å²) in [6.07, 6.45) is -8.38. The highest BCUT2D eigenvalue weighted by Gasteiger charge is 2.44. The molecule has 0 saturated heterocycles. The van der Waals surface area contributed by atoms with Crippen molar-refractivity contribution < 1.29 is 35.6 Å². The normalized spacial score (nSPS) is 13.7. The highest BCUT2D eigenvalue weighted by Crippen LogP contribution is 2.38. The van der Waals surface area contributed by atoms with Crippen LogP contribution in [0.2, 0.25) is 0 Å². The molecule has 0 bridgehead atoms. The fraction of sp³-hybridized carbons (Fsp3) is 0.185. The van der Waals surface area contributed by atoms with Gasteiger partial charge in [0.2, 0.25) is 5.76 Å². The van der Waals surface area contributed by atoms with E-state index in [4.69, 9.17) is 4.42 Å². The number of rotatable bonds is 6. The first-order valence-corrected chi connectivity index (χ1v) is 11.0. The van der Waals surface area contributed by atoms with E-state index in [0.717, 1.165) is 18.2 Å². The van der Waals surface area contributed by atoms with Crippen LogP contribution < -0.4 is 5.32 Å². The maximum atomic E-state index is 13.7. The van der Waals surface area contributed by atoms with E-state index < -0.39 is 40.7 Å². The molecule has 0 spiro atoms. The third-order valence-corrected chi connectivity index (χ3v) is 5.78. The quantitative estimate of drug-likeness (QED) is 0.282. The number of amides is 1. The predicted molar refractivity (Wildman–Crippen MR) is 123 cm³/mol. The lowest BCUT2D eigenvalue weighted by molar-refractivity contribution is -0.153. The number of nitrogens with zero attached hydrogens (tertiary/aromatic N) is 1. The zero-order chi connectivity index (χ0) is 26.8. The number of furan rings is 1. The summed E-state index contributed by atoms with van der Waals surface area (Å²) in [6.45, 7) is 1.26. The van der Waals surface area contributed by atoms with Crippen molar-refractivity contribution in [1.82, 2.24) is 10.3 Å². The summed E-state index contributed by atoms with van der Waals surface area (Å²) in [6, 6.07) is 18.4. The molecular weight excluding hydrogens is 498 g/mol. The molecule has 4 nitrogen and oxygen atoms in total. The SMILES string of the molecule is Cc1cc(C(=O)NC(Cc2ccccc2)(c2cccc(C(F)(F)F)c2)c2ccccn2)c(C(F)(F)F)o1. The molecule has 1 N–H and O–H groups in total. The Labute approximate surface area is 208 Å². The smallest absolute Gasteiger partial charge is 0.450 e. The molecule has 1 amide bonds. The van der Waals surface area contributed by atoms with Crippen molar-refractivity contribution in [3.8, 4) is 0 Å². The van der Waals surface area contributed by atoms with Crippen LogP contribution in [0.1, 0.15) is 44.3 Å². The third-order valence-electron chi connectivity index (χ3n) is 5.78. The minimum absolute atomic E-state index is 0.00740. The Morgan fingerprint density at radius 1 is 0.838 bits per heavy atom. The number of alkyl halides is 6. The van der Waals surface area contributed by atoms with Gasteiger partial charge in [-0.15, -0.1) is 0 Å². The molecule has 192 valence electrons. The minimum Gasteiger partial charge on any atom is -0.456 e. The molecule has 2 aromatic heterocycles. The molecule has 0 aliphatic rings. The Hall–Kier alpha value is -4.08. The molecule has 1 atom stereocenters. The molecule has 0 radical (unpaired) electrons. The number of pyridine rings is 1. The Kier molecular flexibility index (Phi) is 6.86. The predicted octanol–water partition coefficient (Wildman–Crippen LogP) is 6.94. The zero-order valence-electron chi connectivity index (χ0n) is 19.3. The molecule has 2 heterocycles. The minimum atomic E-state index is -4.97. The largest absolute Gasteiger partial charge is 0.456 e. The Bertz CT molecular complexity index is 1380. The molecule has 0 aliphatic heterocycles. The van der Waals surface area contributed by atoms with E-state index in [1.807, 2.05) is 0 Å². The van der Waals surface area contributed by atoms with Gasteiger partial charge in [0.1, 0.15) is 11.3 Å². The molecule has 4 aromatic rings. The van der Waals surface area contributed by atoms with Gasteiger partial charge in [0.05, 0.1) is 16.8 Å². The van der Waals surface area contributed by atoms with Crippen LogP contribution in [-0.4, -0.2) is 10.9 Å². The van der Waals surface area contributed by atoms with Gasteiger partial charge >= 0.3 is 12.4 Å². The monoisotopic (exact) mass is 518 g/mol. The van der Waals surface area contributed by atoms with Crippen LogP contribution in [-0.2, 0) is 24.3 Å². The van der Waals surface area contributed by atoms with Gasteiger partial charge < -0.3 is 9.73 Å². The van der Waals surface area contributed by atoms with Gasteiger partial charge in [0, 0.05) is 12.6 Å². The summed E-state index contributed by atoms with van der Waals surface area (Å²) in [4.78, 5) is 17.7. The van der Waals surface area contributed by atoms with Crippen LogP contribution in [0, 0.1) is 6.92 Å². The molecular formula is C27H20F6N2O2. The topological polar surface area (TPSA) is 55.1 Å². The summed E-state index contributed by atoms with van der Waals surface area (Å²) in [5.41, 5.74) is -2.81. The lowest BCUT2D eigenvalue weighted by Gasteiger charge is -2.36. The number of carbonyl (C=O) groups is 1. The maximum absolute atomic E-state index is 13.7. The van der Waals surface area contributed by atoms with Gasteiger partial charge in [0.15, 0.2) is 0 Å². The summed E-state index contributed by atoms with van der Waals surface area (Å²) in [5, 5.41) is 2.60. The number of aromatic nitrogens is 1. The van der Waals surface area contributed by atoms with Crippen LogP contribution in [0.3, 0.4) is 0 Å². The summed E-state index contributed by atoms with van der Waals surface area (Å²) >= 11 is 0. The van der Waals surface area contributed by atoms with Crippen molar-refractivity contribution in [3.05, 3.63) is 125 Å².